The minimum atomic E-state index is -0.449. The lowest BCUT2D eigenvalue weighted by molar-refractivity contribution is 0.307. The van der Waals surface area contributed by atoms with Gasteiger partial charge in [-0.1, -0.05) is 23.7 Å². The number of anilines is 1. The molecule has 0 aliphatic heterocycles. The molecule has 0 radical (unpaired) electrons. The maximum absolute atomic E-state index is 13.2. The summed E-state index contributed by atoms with van der Waals surface area (Å²) in [6.45, 7) is 2.20. The van der Waals surface area contributed by atoms with Crippen molar-refractivity contribution in [3.63, 3.8) is 0 Å². The first-order valence-corrected chi connectivity index (χ1v) is 5.87. The van der Waals surface area contributed by atoms with Gasteiger partial charge in [0.2, 0.25) is 0 Å². The fraction of sp³-hybridized carbons (Fsp3) is 0.143. The molecule has 0 heterocycles. The van der Waals surface area contributed by atoms with E-state index in [1.807, 2.05) is 19.1 Å². The number of halogens is 2. The Kier molecular flexibility index (Phi) is 3.72. The van der Waals surface area contributed by atoms with Crippen LogP contribution < -0.4 is 10.5 Å². The predicted molar refractivity (Wildman–Crippen MR) is 71.3 cm³/mol. The van der Waals surface area contributed by atoms with E-state index in [0.29, 0.717) is 17.0 Å². The van der Waals surface area contributed by atoms with Crippen LogP contribution in [0.2, 0.25) is 5.02 Å². The zero-order valence-electron chi connectivity index (χ0n) is 9.91. The summed E-state index contributed by atoms with van der Waals surface area (Å²) in [5.41, 5.74) is 8.17. The summed E-state index contributed by atoms with van der Waals surface area (Å²) in [7, 11) is 0. The van der Waals surface area contributed by atoms with E-state index in [9.17, 15) is 4.39 Å². The van der Waals surface area contributed by atoms with Crippen molar-refractivity contribution >= 4 is 17.3 Å². The van der Waals surface area contributed by atoms with Gasteiger partial charge in [-0.2, -0.15) is 0 Å². The molecule has 0 amide bonds. The summed E-state index contributed by atoms with van der Waals surface area (Å²) < 4.78 is 18.8. The number of nitrogen functional groups attached to an aromatic ring is 1. The molecule has 0 saturated heterocycles. The summed E-state index contributed by atoms with van der Waals surface area (Å²) in [4.78, 5) is 0. The Morgan fingerprint density at radius 2 is 2.00 bits per heavy atom. The first-order chi connectivity index (χ1) is 8.56. The van der Waals surface area contributed by atoms with Gasteiger partial charge in [-0.3, -0.25) is 0 Å². The summed E-state index contributed by atoms with van der Waals surface area (Å²) in [5.74, 6) is 0.144. The SMILES string of the molecule is Cc1ccc(OCc2ccc(Cl)c(F)c2)c(N)c1. The molecule has 0 aliphatic carbocycles. The first-order valence-electron chi connectivity index (χ1n) is 5.49. The van der Waals surface area contributed by atoms with E-state index in [0.717, 1.165) is 5.56 Å². The van der Waals surface area contributed by atoms with Crippen LogP contribution >= 0.6 is 11.6 Å². The van der Waals surface area contributed by atoms with Gasteiger partial charge in [0.05, 0.1) is 10.7 Å². The van der Waals surface area contributed by atoms with E-state index in [1.54, 1.807) is 12.1 Å². The Morgan fingerprint density at radius 3 is 2.67 bits per heavy atom. The van der Waals surface area contributed by atoms with E-state index in [1.165, 1.54) is 12.1 Å². The van der Waals surface area contributed by atoms with E-state index in [2.05, 4.69) is 0 Å². The number of ether oxygens (including phenoxy) is 1. The molecule has 94 valence electrons. The Labute approximate surface area is 110 Å². The highest BCUT2D eigenvalue weighted by molar-refractivity contribution is 6.30. The molecule has 0 unspecified atom stereocenters. The molecule has 2 aromatic carbocycles. The van der Waals surface area contributed by atoms with Crippen molar-refractivity contribution in [2.24, 2.45) is 0 Å². The minimum absolute atomic E-state index is 0.105. The van der Waals surface area contributed by atoms with Crippen LogP contribution in [-0.4, -0.2) is 0 Å². The van der Waals surface area contributed by atoms with Gasteiger partial charge in [0.15, 0.2) is 0 Å². The number of nitrogens with two attached hydrogens (primary N) is 1. The van der Waals surface area contributed by atoms with Gasteiger partial charge in [0.25, 0.3) is 0 Å². The van der Waals surface area contributed by atoms with Crippen molar-refractivity contribution in [1.29, 1.82) is 0 Å². The molecular weight excluding hydrogens is 253 g/mol. The monoisotopic (exact) mass is 265 g/mol. The van der Waals surface area contributed by atoms with Gasteiger partial charge < -0.3 is 10.5 Å². The van der Waals surface area contributed by atoms with Gasteiger partial charge in [-0.05, 0) is 42.3 Å². The lowest BCUT2D eigenvalue weighted by atomic mass is 10.2. The molecule has 0 aliphatic rings. The Morgan fingerprint density at radius 1 is 1.22 bits per heavy atom. The van der Waals surface area contributed by atoms with Gasteiger partial charge in [0.1, 0.15) is 18.2 Å². The zero-order valence-corrected chi connectivity index (χ0v) is 10.7. The smallest absolute Gasteiger partial charge is 0.142 e. The minimum Gasteiger partial charge on any atom is -0.487 e. The van der Waals surface area contributed by atoms with Crippen molar-refractivity contribution in [1.82, 2.24) is 0 Å². The molecule has 0 fully saturated rings. The standard InChI is InChI=1S/C14H13ClFNO/c1-9-2-5-14(13(17)6-9)18-8-10-3-4-11(15)12(16)7-10/h2-7H,8,17H2,1H3. The molecule has 4 heteroatoms. The van der Waals surface area contributed by atoms with Crippen LogP contribution in [0.5, 0.6) is 5.75 Å². The Hall–Kier alpha value is -1.74. The second-order valence-corrected chi connectivity index (χ2v) is 4.49. The largest absolute Gasteiger partial charge is 0.487 e. The molecule has 2 aromatic rings. The maximum atomic E-state index is 13.2. The van der Waals surface area contributed by atoms with Crippen LogP contribution in [0.1, 0.15) is 11.1 Å². The molecule has 2 nitrogen and oxygen atoms in total. The number of rotatable bonds is 3. The molecule has 2 N–H and O–H groups in total. The second kappa shape index (κ2) is 5.27. The first kappa shape index (κ1) is 12.7. The third kappa shape index (κ3) is 2.93. The van der Waals surface area contributed by atoms with Crippen LogP contribution in [0.15, 0.2) is 36.4 Å². The highest BCUT2D eigenvalue weighted by Gasteiger charge is 2.04. The third-order valence-electron chi connectivity index (χ3n) is 2.54. The average molecular weight is 266 g/mol. The lowest BCUT2D eigenvalue weighted by Crippen LogP contribution is -1.99. The summed E-state index contributed by atoms with van der Waals surface area (Å²) in [6, 6.07) is 10.1. The van der Waals surface area contributed by atoms with Crippen molar-refractivity contribution < 1.29 is 9.13 Å². The fourth-order valence-corrected chi connectivity index (χ4v) is 1.71. The fourth-order valence-electron chi connectivity index (χ4n) is 1.59. The Balaban J connectivity index is 2.09. The van der Waals surface area contributed by atoms with Crippen LogP contribution in [0.3, 0.4) is 0 Å². The van der Waals surface area contributed by atoms with Crippen LogP contribution in [0.25, 0.3) is 0 Å². The summed E-state index contributed by atoms with van der Waals surface area (Å²) in [6.07, 6.45) is 0. The predicted octanol–water partition coefficient (Wildman–Crippen LogP) is 3.95. The second-order valence-electron chi connectivity index (χ2n) is 4.08. The molecular formula is C14H13ClFNO. The Bertz CT molecular complexity index is 572. The lowest BCUT2D eigenvalue weighted by Gasteiger charge is -2.09. The number of hydrogen-bond acceptors (Lipinski definition) is 2. The van der Waals surface area contributed by atoms with Gasteiger partial charge >= 0.3 is 0 Å². The molecule has 0 bridgehead atoms. The van der Waals surface area contributed by atoms with Crippen molar-refractivity contribution in [3.8, 4) is 5.75 Å². The number of hydrogen-bond donors (Lipinski definition) is 1. The van der Waals surface area contributed by atoms with E-state index < -0.39 is 5.82 Å². The van der Waals surface area contributed by atoms with Gasteiger partial charge in [0, 0.05) is 0 Å². The van der Waals surface area contributed by atoms with Crippen molar-refractivity contribution in [2.75, 3.05) is 5.73 Å². The van der Waals surface area contributed by atoms with E-state index in [-0.39, 0.29) is 11.6 Å². The highest BCUT2D eigenvalue weighted by Crippen LogP contribution is 2.24. The maximum Gasteiger partial charge on any atom is 0.142 e. The normalized spacial score (nSPS) is 10.4. The quantitative estimate of drug-likeness (QED) is 0.853. The molecule has 0 spiro atoms. The molecule has 2 rings (SSSR count). The summed E-state index contributed by atoms with van der Waals surface area (Å²) >= 11 is 5.60. The van der Waals surface area contributed by atoms with Crippen LogP contribution in [-0.2, 0) is 6.61 Å². The molecule has 0 saturated carbocycles. The molecule has 0 atom stereocenters. The van der Waals surface area contributed by atoms with Crippen molar-refractivity contribution in [2.45, 2.75) is 13.5 Å². The van der Waals surface area contributed by atoms with Crippen LogP contribution in [0.4, 0.5) is 10.1 Å². The third-order valence-corrected chi connectivity index (χ3v) is 2.85. The van der Waals surface area contributed by atoms with Gasteiger partial charge in [-0.15, -0.1) is 0 Å². The number of benzene rings is 2. The number of aryl methyl sites for hydroxylation is 1. The van der Waals surface area contributed by atoms with E-state index >= 15 is 0 Å². The molecule has 0 aromatic heterocycles. The van der Waals surface area contributed by atoms with Crippen molar-refractivity contribution in [3.05, 3.63) is 58.4 Å². The summed E-state index contributed by atoms with van der Waals surface area (Å²) in [5, 5.41) is 0.105. The van der Waals surface area contributed by atoms with Crippen LogP contribution in [0, 0.1) is 12.7 Å². The highest BCUT2D eigenvalue weighted by atomic mass is 35.5. The van der Waals surface area contributed by atoms with Gasteiger partial charge in [-0.25, -0.2) is 4.39 Å². The topological polar surface area (TPSA) is 35.2 Å². The molecule has 18 heavy (non-hydrogen) atoms. The van der Waals surface area contributed by atoms with E-state index in [4.69, 9.17) is 22.1 Å². The average Bonchev–Trinajstić information content (AvgIpc) is 2.32. The zero-order chi connectivity index (χ0) is 13.1.